The predicted octanol–water partition coefficient (Wildman–Crippen LogP) is 3.07. The van der Waals surface area contributed by atoms with Crippen LogP contribution in [0.4, 0.5) is 10.5 Å². The molecule has 10 nitrogen and oxygen atoms in total. The average Bonchev–Trinajstić information content (AvgIpc) is 3.52. The molecule has 3 amide bonds. The van der Waals surface area contributed by atoms with E-state index in [-0.39, 0.29) is 11.9 Å². The number of para-hydroxylation sites is 2. The second-order valence-electron chi connectivity index (χ2n) is 9.35. The van der Waals surface area contributed by atoms with Crippen LogP contribution in [-0.4, -0.2) is 107 Å². The van der Waals surface area contributed by atoms with Crippen molar-refractivity contribution in [2.75, 3.05) is 57.5 Å². The Balaban J connectivity index is 1.24. The van der Waals surface area contributed by atoms with Gasteiger partial charge in [0.05, 0.1) is 19.6 Å². The zero-order valence-electron chi connectivity index (χ0n) is 21.1. The topological polar surface area (TPSA) is 88.5 Å². The molecule has 38 heavy (non-hydrogen) atoms. The smallest absolute Gasteiger partial charge is 0.392 e. The summed E-state index contributed by atoms with van der Waals surface area (Å²) in [5, 5.41) is 1.30. The molecule has 0 radical (unpaired) electrons. The zero-order chi connectivity index (χ0) is 26.4. The highest BCUT2D eigenvalue weighted by Gasteiger charge is 2.55. The van der Waals surface area contributed by atoms with Crippen LogP contribution in [0.2, 0.25) is 5.02 Å². The van der Waals surface area contributed by atoms with Crippen molar-refractivity contribution >= 4 is 63.9 Å². The number of carbonyl (C=O) groups excluding carboxylic acids is 2. The molecule has 0 N–H and O–H groups in total. The number of likely N-dealkylation sites (N-methyl/N-ethyl adjacent to an activating group) is 2. The van der Waals surface area contributed by atoms with Gasteiger partial charge in [0.25, 0.3) is 11.1 Å². The fourth-order valence-electron chi connectivity index (χ4n) is 5.05. The summed E-state index contributed by atoms with van der Waals surface area (Å²) in [5.74, 6) is 1.55. The second-order valence-corrected chi connectivity index (χ2v) is 10.8. The van der Waals surface area contributed by atoms with Gasteiger partial charge in [-0.15, -0.1) is 0 Å². The minimum Gasteiger partial charge on any atom is -0.431 e. The lowest BCUT2D eigenvalue weighted by Gasteiger charge is -2.34. The number of guanidine groups is 1. The third kappa shape index (κ3) is 4.39. The molecular weight excluding hydrogens is 526 g/mol. The average molecular weight is 553 g/mol. The first-order valence-corrected chi connectivity index (χ1v) is 13.8. The fraction of sp³-hybridized carbons (Fsp3) is 0.346. The number of carbonyl (C=O) groups is 2. The number of nitrogens with zero attached hydrogens (tertiary/aromatic N) is 7. The molecule has 3 aromatic rings. The van der Waals surface area contributed by atoms with Crippen LogP contribution >= 0.6 is 23.4 Å². The van der Waals surface area contributed by atoms with Crippen LogP contribution in [0.15, 0.2) is 63.2 Å². The van der Waals surface area contributed by atoms with Gasteiger partial charge < -0.3 is 9.32 Å². The van der Waals surface area contributed by atoms with Gasteiger partial charge in [0, 0.05) is 43.6 Å². The molecule has 0 bridgehead atoms. The molecule has 0 spiro atoms. The summed E-state index contributed by atoms with van der Waals surface area (Å²) in [4.78, 5) is 42.3. The number of hydrogen-bond donors (Lipinski definition) is 0. The molecule has 4 heterocycles. The maximum Gasteiger partial charge on any atom is 0.392 e. The molecule has 6 rings (SSSR count). The lowest BCUT2D eigenvalue weighted by atomic mass is 10.1. The fourth-order valence-corrected chi connectivity index (χ4v) is 6.01. The minimum atomic E-state index is -0.645. The SMILES string of the molecule is CN1C(=O)C2C(=NC(=[N+]3CCN(c4cccc(Cl)c4)CC3)N2CCSc2nc3ccccc3o2)N(C)C1=O. The standard InChI is InChI=1S/C26H27ClN7O3S/c1-30-22-21(23(35)31(2)26(30)36)34(14-15-38-25-28-19-8-3-4-9-20(19)37-25)24(29-22)33-12-10-32(11-13-33)18-7-5-6-17(27)16-18/h3-9,16,21H,10-15H2,1-2H3/q+1. The number of fused-ring (bicyclic) bond motifs is 2. The first-order valence-electron chi connectivity index (χ1n) is 12.4. The van der Waals surface area contributed by atoms with Gasteiger partial charge in [-0.3, -0.25) is 19.2 Å². The molecule has 1 atom stereocenters. The van der Waals surface area contributed by atoms with Crippen molar-refractivity contribution in [1.29, 1.82) is 0 Å². The van der Waals surface area contributed by atoms with Crippen molar-refractivity contribution in [3.05, 3.63) is 53.6 Å². The number of amides is 3. The number of aromatic nitrogens is 1. The van der Waals surface area contributed by atoms with E-state index in [0.717, 1.165) is 48.9 Å². The molecule has 0 aliphatic carbocycles. The molecule has 196 valence electrons. The van der Waals surface area contributed by atoms with Crippen molar-refractivity contribution in [2.24, 2.45) is 4.99 Å². The van der Waals surface area contributed by atoms with Crippen molar-refractivity contribution in [3.63, 3.8) is 0 Å². The summed E-state index contributed by atoms with van der Waals surface area (Å²) in [5.41, 5.74) is 2.65. The molecule has 2 fully saturated rings. The zero-order valence-corrected chi connectivity index (χ0v) is 22.7. The number of halogens is 1. The van der Waals surface area contributed by atoms with Crippen LogP contribution in [-0.2, 0) is 4.79 Å². The number of piperazine rings is 1. The largest absolute Gasteiger partial charge is 0.431 e. The molecule has 2 saturated heterocycles. The molecule has 1 aromatic heterocycles. The van der Waals surface area contributed by atoms with E-state index in [4.69, 9.17) is 21.0 Å². The Morgan fingerprint density at radius 3 is 2.63 bits per heavy atom. The molecule has 0 saturated carbocycles. The number of oxazole rings is 1. The number of urea groups is 1. The van der Waals surface area contributed by atoms with Crippen LogP contribution < -0.4 is 4.90 Å². The minimum absolute atomic E-state index is 0.272. The van der Waals surface area contributed by atoms with Gasteiger partial charge >= 0.3 is 12.0 Å². The van der Waals surface area contributed by atoms with Gasteiger partial charge in [-0.1, -0.05) is 46.6 Å². The third-order valence-electron chi connectivity index (χ3n) is 7.08. The van der Waals surface area contributed by atoms with E-state index in [1.165, 1.54) is 28.6 Å². The number of imide groups is 1. The molecule has 3 aliphatic heterocycles. The van der Waals surface area contributed by atoms with Crippen molar-refractivity contribution in [1.82, 2.24) is 19.7 Å². The highest BCUT2D eigenvalue weighted by molar-refractivity contribution is 7.99. The number of amidine groups is 1. The number of anilines is 1. The van der Waals surface area contributed by atoms with Crippen molar-refractivity contribution in [2.45, 2.75) is 11.3 Å². The summed E-state index contributed by atoms with van der Waals surface area (Å²) in [6.45, 7) is 3.55. The van der Waals surface area contributed by atoms with Gasteiger partial charge in [-0.05, 0) is 30.3 Å². The summed E-state index contributed by atoms with van der Waals surface area (Å²) in [6.07, 6.45) is 0. The van der Waals surface area contributed by atoms with Gasteiger partial charge in [0.2, 0.25) is 11.9 Å². The van der Waals surface area contributed by atoms with Crippen LogP contribution in [0.3, 0.4) is 0 Å². The summed E-state index contributed by atoms with van der Waals surface area (Å²) >= 11 is 7.70. The summed E-state index contributed by atoms with van der Waals surface area (Å²) < 4.78 is 8.06. The molecule has 2 aromatic carbocycles. The quantitative estimate of drug-likeness (QED) is 0.355. The van der Waals surface area contributed by atoms with E-state index >= 15 is 0 Å². The molecular formula is C26H27ClN7O3S+. The highest BCUT2D eigenvalue weighted by Crippen LogP contribution is 2.27. The van der Waals surface area contributed by atoms with Gasteiger partial charge in [-0.2, -0.15) is 0 Å². The maximum atomic E-state index is 13.3. The van der Waals surface area contributed by atoms with E-state index < -0.39 is 6.04 Å². The first kappa shape index (κ1) is 24.7. The maximum absolute atomic E-state index is 13.3. The Morgan fingerprint density at radius 1 is 1.08 bits per heavy atom. The lowest BCUT2D eigenvalue weighted by Crippen LogP contribution is -2.63. The Hall–Kier alpha value is -3.57. The van der Waals surface area contributed by atoms with Crippen molar-refractivity contribution in [3.8, 4) is 0 Å². The highest BCUT2D eigenvalue weighted by atomic mass is 35.5. The number of rotatable bonds is 5. The van der Waals surface area contributed by atoms with Gasteiger partial charge in [0.1, 0.15) is 5.52 Å². The third-order valence-corrected chi connectivity index (χ3v) is 8.12. The molecule has 3 aliphatic rings. The molecule has 12 heteroatoms. The monoisotopic (exact) mass is 552 g/mol. The Morgan fingerprint density at radius 2 is 1.87 bits per heavy atom. The van der Waals surface area contributed by atoms with Gasteiger partial charge in [0.15, 0.2) is 5.58 Å². The Kier molecular flexibility index (Phi) is 6.48. The van der Waals surface area contributed by atoms with Crippen LogP contribution in [0.25, 0.3) is 11.1 Å². The first-order chi connectivity index (χ1) is 18.4. The van der Waals surface area contributed by atoms with E-state index in [0.29, 0.717) is 28.4 Å². The number of benzene rings is 2. The number of hydrogen-bond acceptors (Lipinski definition) is 6. The Bertz CT molecular complexity index is 1450. The predicted molar refractivity (Wildman–Crippen MR) is 147 cm³/mol. The van der Waals surface area contributed by atoms with Gasteiger partial charge in [-0.25, -0.2) is 14.7 Å². The summed E-state index contributed by atoms with van der Waals surface area (Å²) in [6, 6.07) is 14.5. The van der Waals surface area contributed by atoms with Crippen LogP contribution in [0.1, 0.15) is 0 Å². The number of aliphatic imine (C=N–C) groups is 1. The summed E-state index contributed by atoms with van der Waals surface area (Å²) in [7, 11) is 3.19. The van der Waals surface area contributed by atoms with Crippen LogP contribution in [0.5, 0.6) is 0 Å². The normalized spacial score (nSPS) is 20.1. The van der Waals surface area contributed by atoms with Crippen LogP contribution in [0, 0.1) is 0 Å². The van der Waals surface area contributed by atoms with E-state index in [1.807, 2.05) is 47.4 Å². The van der Waals surface area contributed by atoms with E-state index in [1.54, 1.807) is 7.05 Å². The van der Waals surface area contributed by atoms with E-state index in [2.05, 4.69) is 20.5 Å². The number of thioether (sulfide) groups is 1. The van der Waals surface area contributed by atoms with E-state index in [9.17, 15) is 9.59 Å². The van der Waals surface area contributed by atoms with Crippen molar-refractivity contribution < 1.29 is 18.6 Å². The Labute approximate surface area is 229 Å². The second kappa shape index (κ2) is 9.95. The molecule has 1 unspecified atom stereocenters. The lowest BCUT2D eigenvalue weighted by molar-refractivity contribution is -0.534.